The van der Waals surface area contributed by atoms with Crippen LogP contribution in [0.5, 0.6) is 0 Å². The minimum atomic E-state index is 0.129. The second-order valence-electron chi connectivity index (χ2n) is 7.75. The summed E-state index contributed by atoms with van der Waals surface area (Å²) in [6.07, 6.45) is 10.9. The number of aromatic nitrogens is 2. The van der Waals surface area contributed by atoms with Crippen molar-refractivity contribution in [1.82, 2.24) is 15.1 Å². The van der Waals surface area contributed by atoms with Crippen molar-refractivity contribution in [2.45, 2.75) is 50.5 Å². The van der Waals surface area contributed by atoms with Gasteiger partial charge in [-0.05, 0) is 48.6 Å². The summed E-state index contributed by atoms with van der Waals surface area (Å²) in [5.41, 5.74) is 2.52. The predicted octanol–water partition coefficient (Wildman–Crippen LogP) is 3.44. The SMILES string of the molecule is Cn1cc([C@@H]2C[C@@H]2C(=O)N[C@@H](Cc2ccccc2)C2CCCC2)cn1. The number of aryl methyl sites for hydroxylation is 1. The molecule has 4 rings (SSSR count). The average molecular weight is 337 g/mol. The highest BCUT2D eigenvalue weighted by atomic mass is 16.2. The average Bonchev–Trinajstić information content (AvgIpc) is 3.02. The third kappa shape index (κ3) is 3.78. The van der Waals surface area contributed by atoms with Crippen molar-refractivity contribution in [2.24, 2.45) is 18.9 Å². The molecule has 4 nitrogen and oxygen atoms in total. The van der Waals surface area contributed by atoms with Gasteiger partial charge in [0.1, 0.15) is 0 Å². The van der Waals surface area contributed by atoms with E-state index >= 15 is 0 Å². The van der Waals surface area contributed by atoms with E-state index in [1.807, 2.05) is 24.1 Å². The summed E-state index contributed by atoms with van der Waals surface area (Å²) in [6.45, 7) is 0. The highest BCUT2D eigenvalue weighted by Gasteiger charge is 2.45. The van der Waals surface area contributed by atoms with Crippen LogP contribution in [0.25, 0.3) is 0 Å². The maximum absolute atomic E-state index is 12.8. The van der Waals surface area contributed by atoms with Crippen LogP contribution in [0.1, 0.15) is 49.1 Å². The number of carbonyl (C=O) groups excluding carboxylic acids is 1. The standard InChI is InChI=1S/C21H27N3O/c1-24-14-17(13-22-24)18-12-19(18)21(25)23-20(16-9-5-6-10-16)11-15-7-3-2-4-8-15/h2-4,7-8,13-14,16,18-20H,5-6,9-12H2,1H3,(H,23,25)/t18-,19-,20-/m0/s1. The maximum Gasteiger partial charge on any atom is 0.223 e. The number of hydrogen-bond donors (Lipinski definition) is 1. The monoisotopic (exact) mass is 337 g/mol. The fourth-order valence-electron chi connectivity index (χ4n) is 4.34. The van der Waals surface area contributed by atoms with E-state index in [2.05, 4.69) is 40.7 Å². The first-order valence-electron chi connectivity index (χ1n) is 9.53. The quantitative estimate of drug-likeness (QED) is 0.878. The summed E-state index contributed by atoms with van der Waals surface area (Å²) in [7, 11) is 1.93. The van der Waals surface area contributed by atoms with E-state index in [-0.39, 0.29) is 17.9 Å². The number of rotatable bonds is 6. The van der Waals surface area contributed by atoms with E-state index in [0.717, 1.165) is 12.8 Å². The van der Waals surface area contributed by atoms with Crippen molar-refractivity contribution in [3.63, 3.8) is 0 Å². The first-order valence-corrected chi connectivity index (χ1v) is 9.53. The fraction of sp³-hybridized carbons (Fsp3) is 0.524. The smallest absolute Gasteiger partial charge is 0.223 e. The molecule has 25 heavy (non-hydrogen) atoms. The van der Waals surface area contributed by atoms with E-state index in [0.29, 0.717) is 11.8 Å². The van der Waals surface area contributed by atoms with Gasteiger partial charge in [0.25, 0.3) is 0 Å². The molecule has 0 radical (unpaired) electrons. The number of nitrogens with zero attached hydrogens (tertiary/aromatic N) is 2. The van der Waals surface area contributed by atoms with Crippen LogP contribution in [0, 0.1) is 11.8 Å². The summed E-state index contributed by atoms with van der Waals surface area (Å²) >= 11 is 0. The van der Waals surface area contributed by atoms with Gasteiger partial charge in [-0.3, -0.25) is 9.48 Å². The Balaban J connectivity index is 1.40. The summed E-state index contributed by atoms with van der Waals surface area (Å²) in [6, 6.07) is 10.8. The minimum Gasteiger partial charge on any atom is -0.353 e. The van der Waals surface area contributed by atoms with Gasteiger partial charge in [0, 0.05) is 25.2 Å². The highest BCUT2D eigenvalue weighted by molar-refractivity contribution is 5.83. The molecule has 1 aromatic carbocycles. The minimum absolute atomic E-state index is 0.129. The van der Waals surface area contributed by atoms with Crippen LogP contribution >= 0.6 is 0 Å². The van der Waals surface area contributed by atoms with Crippen LogP contribution in [0.3, 0.4) is 0 Å². The van der Waals surface area contributed by atoms with Crippen LogP contribution in [0.2, 0.25) is 0 Å². The van der Waals surface area contributed by atoms with Crippen molar-refractivity contribution < 1.29 is 4.79 Å². The van der Waals surface area contributed by atoms with E-state index < -0.39 is 0 Å². The number of nitrogens with one attached hydrogen (secondary N) is 1. The molecule has 1 heterocycles. The molecular formula is C21H27N3O. The van der Waals surface area contributed by atoms with Gasteiger partial charge in [-0.25, -0.2) is 0 Å². The lowest BCUT2D eigenvalue weighted by atomic mass is 9.92. The summed E-state index contributed by atoms with van der Waals surface area (Å²) in [4.78, 5) is 12.8. The Morgan fingerprint density at radius 3 is 2.72 bits per heavy atom. The second-order valence-corrected chi connectivity index (χ2v) is 7.75. The normalized spacial score (nSPS) is 24.2. The van der Waals surface area contributed by atoms with Gasteiger partial charge in [-0.15, -0.1) is 0 Å². The third-order valence-corrected chi connectivity index (χ3v) is 5.88. The molecule has 2 aliphatic carbocycles. The summed E-state index contributed by atoms with van der Waals surface area (Å²) in [5.74, 6) is 1.35. The Kier molecular flexibility index (Phi) is 4.60. The van der Waals surface area contributed by atoms with Gasteiger partial charge in [-0.1, -0.05) is 43.2 Å². The van der Waals surface area contributed by atoms with Gasteiger partial charge in [0.2, 0.25) is 5.91 Å². The van der Waals surface area contributed by atoms with Gasteiger partial charge in [-0.2, -0.15) is 5.10 Å². The molecule has 3 atom stereocenters. The first kappa shape index (κ1) is 16.4. The van der Waals surface area contributed by atoms with Crippen LogP contribution in [-0.2, 0) is 18.3 Å². The van der Waals surface area contributed by atoms with Crippen molar-refractivity contribution in [3.05, 3.63) is 53.9 Å². The van der Waals surface area contributed by atoms with Crippen molar-refractivity contribution >= 4 is 5.91 Å². The van der Waals surface area contributed by atoms with E-state index in [1.165, 1.54) is 36.8 Å². The lowest BCUT2D eigenvalue weighted by Gasteiger charge is -2.25. The molecule has 0 aliphatic heterocycles. The molecule has 1 amide bonds. The van der Waals surface area contributed by atoms with Crippen LogP contribution in [-0.4, -0.2) is 21.7 Å². The Hall–Kier alpha value is -2.10. The molecule has 132 valence electrons. The largest absolute Gasteiger partial charge is 0.353 e. The Bertz CT molecular complexity index is 718. The maximum atomic E-state index is 12.8. The topological polar surface area (TPSA) is 46.9 Å². The summed E-state index contributed by atoms with van der Waals surface area (Å²) in [5, 5.41) is 7.65. The number of benzene rings is 1. The molecule has 2 fully saturated rings. The van der Waals surface area contributed by atoms with Crippen molar-refractivity contribution in [2.75, 3.05) is 0 Å². The first-order chi connectivity index (χ1) is 12.2. The number of carbonyl (C=O) groups is 1. The van der Waals surface area contributed by atoms with Crippen LogP contribution < -0.4 is 5.32 Å². The van der Waals surface area contributed by atoms with Crippen LogP contribution in [0.4, 0.5) is 0 Å². The van der Waals surface area contributed by atoms with Crippen molar-refractivity contribution in [3.8, 4) is 0 Å². The van der Waals surface area contributed by atoms with E-state index in [1.54, 1.807) is 0 Å². The number of hydrogen-bond acceptors (Lipinski definition) is 2. The Labute approximate surface area is 149 Å². The molecule has 4 heteroatoms. The molecule has 0 saturated heterocycles. The number of amides is 1. The molecule has 1 aromatic heterocycles. The van der Waals surface area contributed by atoms with Crippen LogP contribution in [0.15, 0.2) is 42.7 Å². The molecule has 2 aliphatic rings. The summed E-state index contributed by atoms with van der Waals surface area (Å²) < 4.78 is 1.82. The van der Waals surface area contributed by atoms with Crippen molar-refractivity contribution in [1.29, 1.82) is 0 Å². The van der Waals surface area contributed by atoms with E-state index in [9.17, 15) is 4.79 Å². The van der Waals surface area contributed by atoms with Gasteiger partial charge >= 0.3 is 0 Å². The zero-order valence-corrected chi connectivity index (χ0v) is 14.9. The van der Waals surface area contributed by atoms with Gasteiger partial charge in [0.15, 0.2) is 0 Å². The molecule has 0 bridgehead atoms. The third-order valence-electron chi connectivity index (χ3n) is 5.88. The Morgan fingerprint density at radius 2 is 2.04 bits per heavy atom. The molecule has 0 spiro atoms. The zero-order chi connectivity index (χ0) is 17.2. The second kappa shape index (κ2) is 7.03. The van der Waals surface area contributed by atoms with E-state index in [4.69, 9.17) is 0 Å². The highest BCUT2D eigenvalue weighted by Crippen LogP contribution is 2.47. The van der Waals surface area contributed by atoms with Gasteiger partial charge in [0.05, 0.1) is 6.20 Å². The molecular weight excluding hydrogens is 310 g/mol. The molecule has 0 unspecified atom stereocenters. The molecule has 2 saturated carbocycles. The predicted molar refractivity (Wildman–Crippen MR) is 98.1 cm³/mol. The molecule has 1 N–H and O–H groups in total. The zero-order valence-electron chi connectivity index (χ0n) is 14.9. The van der Waals surface area contributed by atoms with Gasteiger partial charge < -0.3 is 5.32 Å². The lowest BCUT2D eigenvalue weighted by molar-refractivity contribution is -0.123. The lowest BCUT2D eigenvalue weighted by Crippen LogP contribution is -2.42. The molecule has 2 aromatic rings. The fourth-order valence-corrected chi connectivity index (χ4v) is 4.34. The Morgan fingerprint density at radius 1 is 1.28 bits per heavy atom.